The summed E-state index contributed by atoms with van der Waals surface area (Å²) in [5, 5.41) is 11.2. The minimum Gasteiger partial charge on any atom is -0.492 e. The van der Waals surface area contributed by atoms with Crippen LogP contribution in [0.25, 0.3) is 5.69 Å². The number of carbonyl (C=O) groups excluding carboxylic acids is 2. The van der Waals surface area contributed by atoms with Crippen LogP contribution in [0, 0.1) is 0 Å². The number of benzene rings is 2. The average Bonchev–Trinajstić information content (AvgIpc) is 3.46. The molecule has 1 fully saturated rings. The molecule has 1 aliphatic rings. The number of hydrogen-bond donors (Lipinski definition) is 1. The molecule has 39 heavy (non-hydrogen) atoms. The van der Waals surface area contributed by atoms with E-state index in [0.29, 0.717) is 62.9 Å². The van der Waals surface area contributed by atoms with Crippen LogP contribution in [0.15, 0.2) is 61.3 Å². The van der Waals surface area contributed by atoms with Crippen molar-refractivity contribution in [3.05, 3.63) is 72.6 Å². The lowest BCUT2D eigenvalue weighted by molar-refractivity contribution is 0.0740. The van der Waals surface area contributed by atoms with Crippen LogP contribution in [0.5, 0.6) is 11.5 Å². The Hall–Kier alpha value is -4.34. The number of amides is 2. The van der Waals surface area contributed by atoms with Gasteiger partial charge in [-0.15, -0.1) is 11.7 Å². The molecule has 0 unspecified atom stereocenters. The van der Waals surface area contributed by atoms with Crippen LogP contribution in [0.2, 0.25) is 0 Å². The normalized spacial score (nSPS) is 13.2. The summed E-state index contributed by atoms with van der Waals surface area (Å²) in [7, 11) is 0. The fourth-order valence-corrected chi connectivity index (χ4v) is 4.42. The lowest BCUT2D eigenvalue weighted by Gasteiger charge is -2.36. The smallest absolute Gasteiger partial charge is 0.276 e. The Morgan fingerprint density at radius 1 is 1.03 bits per heavy atom. The van der Waals surface area contributed by atoms with Gasteiger partial charge >= 0.3 is 0 Å². The summed E-state index contributed by atoms with van der Waals surface area (Å²) in [5.74, 6) is 0.987. The fourth-order valence-electron chi connectivity index (χ4n) is 4.42. The van der Waals surface area contributed by atoms with Crippen molar-refractivity contribution in [2.75, 3.05) is 50.8 Å². The molecule has 1 saturated heterocycles. The Bertz CT molecular complexity index is 1280. The Labute approximate surface area is 229 Å². The molecule has 4 rings (SSSR count). The minimum absolute atomic E-state index is 0.175. The molecule has 1 aliphatic heterocycles. The van der Waals surface area contributed by atoms with Crippen LogP contribution < -0.4 is 19.7 Å². The van der Waals surface area contributed by atoms with Crippen LogP contribution in [0.3, 0.4) is 0 Å². The van der Waals surface area contributed by atoms with E-state index < -0.39 is 0 Å². The van der Waals surface area contributed by atoms with Gasteiger partial charge in [0.1, 0.15) is 17.2 Å². The maximum atomic E-state index is 13.3. The van der Waals surface area contributed by atoms with Crippen molar-refractivity contribution >= 4 is 17.5 Å². The molecule has 0 aliphatic carbocycles. The van der Waals surface area contributed by atoms with Crippen LogP contribution in [0.1, 0.15) is 47.5 Å². The van der Waals surface area contributed by atoms with Crippen LogP contribution >= 0.6 is 0 Å². The number of aromatic nitrogens is 3. The Balaban J connectivity index is 1.46. The summed E-state index contributed by atoms with van der Waals surface area (Å²) >= 11 is 0. The number of nitrogens with one attached hydrogen (secondary N) is 1. The number of carbonyl (C=O) groups is 2. The summed E-state index contributed by atoms with van der Waals surface area (Å²) in [6, 6.07) is 13.1. The molecule has 0 radical (unpaired) electrons. The van der Waals surface area contributed by atoms with Crippen molar-refractivity contribution in [1.29, 1.82) is 0 Å². The molecule has 2 heterocycles. The zero-order valence-electron chi connectivity index (χ0n) is 22.6. The highest BCUT2D eigenvalue weighted by Gasteiger charge is 2.26. The van der Waals surface area contributed by atoms with Gasteiger partial charge in [0.05, 0.1) is 25.1 Å². The number of rotatable bonds is 12. The fraction of sp³-hybridized carbons (Fsp3) is 0.379. The van der Waals surface area contributed by atoms with E-state index in [0.717, 1.165) is 24.3 Å². The van der Waals surface area contributed by atoms with Gasteiger partial charge in [-0.1, -0.05) is 23.4 Å². The summed E-state index contributed by atoms with van der Waals surface area (Å²) in [6.07, 6.45) is 5.05. The maximum absolute atomic E-state index is 13.3. The second kappa shape index (κ2) is 13.5. The van der Waals surface area contributed by atoms with Gasteiger partial charge < -0.3 is 24.6 Å². The highest BCUT2D eigenvalue weighted by Crippen LogP contribution is 2.29. The third-order valence-corrected chi connectivity index (χ3v) is 6.40. The van der Waals surface area contributed by atoms with Crippen molar-refractivity contribution in [1.82, 2.24) is 25.2 Å². The third kappa shape index (κ3) is 6.76. The van der Waals surface area contributed by atoms with Gasteiger partial charge in [-0.3, -0.25) is 9.59 Å². The molecule has 0 atom stereocenters. The van der Waals surface area contributed by atoms with Crippen molar-refractivity contribution in [2.45, 2.75) is 26.7 Å². The molecule has 0 bridgehead atoms. The molecule has 1 N–H and O–H groups in total. The van der Waals surface area contributed by atoms with Gasteiger partial charge in [-0.05, 0) is 57.0 Å². The molecule has 10 nitrogen and oxygen atoms in total. The molecular formula is C29H36N6O4. The zero-order chi connectivity index (χ0) is 27.6. The van der Waals surface area contributed by atoms with Gasteiger partial charge in [0, 0.05) is 38.3 Å². The van der Waals surface area contributed by atoms with E-state index in [2.05, 4.69) is 27.1 Å². The first kappa shape index (κ1) is 27.7. The van der Waals surface area contributed by atoms with E-state index in [9.17, 15) is 9.59 Å². The zero-order valence-corrected chi connectivity index (χ0v) is 22.6. The van der Waals surface area contributed by atoms with E-state index >= 15 is 0 Å². The van der Waals surface area contributed by atoms with Gasteiger partial charge in [0.2, 0.25) is 0 Å². The lowest BCUT2D eigenvalue weighted by atomic mass is 10.1. The number of piperazine rings is 1. The molecule has 10 heteroatoms. The van der Waals surface area contributed by atoms with Crippen molar-refractivity contribution in [3.63, 3.8) is 0 Å². The van der Waals surface area contributed by atoms with Crippen molar-refractivity contribution < 1.29 is 19.1 Å². The van der Waals surface area contributed by atoms with Crippen molar-refractivity contribution in [2.24, 2.45) is 0 Å². The molecule has 206 valence electrons. The van der Waals surface area contributed by atoms with Gasteiger partial charge in [-0.25, -0.2) is 4.68 Å². The van der Waals surface area contributed by atoms with E-state index in [1.165, 1.54) is 4.68 Å². The first-order chi connectivity index (χ1) is 19.0. The minimum atomic E-state index is -0.183. The molecule has 3 aromatic rings. The summed E-state index contributed by atoms with van der Waals surface area (Å²) in [5.41, 5.74) is 2.38. The predicted octanol–water partition coefficient (Wildman–Crippen LogP) is 3.72. The highest BCUT2D eigenvalue weighted by molar-refractivity contribution is 5.95. The maximum Gasteiger partial charge on any atom is 0.276 e. The Morgan fingerprint density at radius 2 is 1.82 bits per heavy atom. The number of para-hydroxylation sites is 2. The van der Waals surface area contributed by atoms with Crippen molar-refractivity contribution in [3.8, 4) is 17.2 Å². The summed E-state index contributed by atoms with van der Waals surface area (Å²) < 4.78 is 13.3. The number of unbranched alkanes of at least 4 members (excludes halogenated alkanes) is 1. The Morgan fingerprint density at radius 3 is 2.56 bits per heavy atom. The Kier molecular flexibility index (Phi) is 9.55. The highest BCUT2D eigenvalue weighted by atomic mass is 16.5. The second-order valence-corrected chi connectivity index (χ2v) is 9.05. The van der Waals surface area contributed by atoms with Gasteiger partial charge in [0.15, 0.2) is 5.69 Å². The average molecular weight is 533 g/mol. The van der Waals surface area contributed by atoms with E-state index in [-0.39, 0.29) is 17.5 Å². The molecule has 0 spiro atoms. The topological polar surface area (TPSA) is 102 Å². The largest absolute Gasteiger partial charge is 0.492 e. The molecule has 2 aromatic carbocycles. The van der Waals surface area contributed by atoms with Crippen LogP contribution in [0.4, 0.5) is 5.69 Å². The van der Waals surface area contributed by atoms with E-state index in [1.54, 1.807) is 29.3 Å². The standard InChI is InChI=1S/C29H36N6O4/c1-4-7-10-19-39-27-20-22(28(36)30-5-2)13-14-25(27)35-21-23(31-32-35)29(37)34-17-15-33(16-18-34)24-11-8-9-12-26(24)38-6-3/h4,8-9,11-14,20-21H,1,5-7,10,15-19H2,2-3H3,(H,30,36). The van der Waals surface area contributed by atoms with Gasteiger partial charge in [-0.2, -0.15) is 0 Å². The monoisotopic (exact) mass is 532 g/mol. The molecule has 1 aromatic heterocycles. The number of hydrogen-bond acceptors (Lipinski definition) is 7. The number of nitrogens with zero attached hydrogens (tertiary/aromatic N) is 5. The number of ether oxygens (including phenoxy) is 2. The van der Waals surface area contributed by atoms with E-state index in [4.69, 9.17) is 9.47 Å². The van der Waals surface area contributed by atoms with Crippen LogP contribution in [-0.2, 0) is 0 Å². The molecule has 0 saturated carbocycles. The van der Waals surface area contributed by atoms with Gasteiger partial charge in [0.25, 0.3) is 11.8 Å². The first-order valence-electron chi connectivity index (χ1n) is 13.4. The van der Waals surface area contributed by atoms with E-state index in [1.807, 2.05) is 44.2 Å². The summed E-state index contributed by atoms with van der Waals surface area (Å²) in [4.78, 5) is 29.7. The molecular weight excluding hydrogens is 496 g/mol. The third-order valence-electron chi connectivity index (χ3n) is 6.40. The summed E-state index contributed by atoms with van der Waals surface area (Å²) in [6.45, 7) is 11.7. The van der Waals surface area contributed by atoms with Crippen LogP contribution in [-0.4, -0.2) is 77.6 Å². The second-order valence-electron chi connectivity index (χ2n) is 9.05. The SMILES string of the molecule is C=CCCCOc1cc(C(=O)NCC)ccc1-n1cc(C(=O)N2CCN(c3ccccc3OCC)CC2)nn1. The first-order valence-corrected chi connectivity index (χ1v) is 13.4. The lowest BCUT2D eigenvalue weighted by Crippen LogP contribution is -2.49. The molecule has 2 amide bonds. The number of anilines is 1. The quantitative estimate of drug-likeness (QED) is 0.280. The number of allylic oxidation sites excluding steroid dienone is 1. The predicted molar refractivity (Wildman–Crippen MR) is 150 cm³/mol.